The lowest BCUT2D eigenvalue weighted by molar-refractivity contribution is 0.490. The van der Waals surface area contributed by atoms with Crippen LogP contribution in [-0.4, -0.2) is 18.2 Å². The predicted octanol–water partition coefficient (Wildman–Crippen LogP) is 15.3. The van der Waals surface area contributed by atoms with Gasteiger partial charge in [-0.3, -0.25) is 0 Å². The number of fused-ring (bicyclic) bond motifs is 1. The van der Waals surface area contributed by atoms with Crippen LogP contribution in [0, 0.1) is 6.92 Å². The Morgan fingerprint density at radius 2 is 1.45 bits per heavy atom. The molecule has 0 saturated heterocycles. The minimum absolute atomic E-state index is 0.804. The first kappa shape index (κ1) is 43.2. The van der Waals surface area contributed by atoms with Gasteiger partial charge in [0.15, 0.2) is 0 Å². The van der Waals surface area contributed by atoms with E-state index in [1.54, 1.807) is 7.11 Å². The van der Waals surface area contributed by atoms with E-state index in [-0.39, 0.29) is 0 Å². The van der Waals surface area contributed by atoms with E-state index in [0.29, 0.717) is 0 Å². The summed E-state index contributed by atoms with van der Waals surface area (Å²) in [4.78, 5) is 1.15. The van der Waals surface area contributed by atoms with Crippen LogP contribution in [0.1, 0.15) is 83.8 Å². The van der Waals surface area contributed by atoms with Crippen LogP contribution in [0.15, 0.2) is 125 Å². The molecule has 1 N–H and O–H groups in total. The fraction of sp³-hybridized carbons (Fsp3) is 0.320. The van der Waals surface area contributed by atoms with Crippen molar-refractivity contribution in [2.24, 2.45) is 0 Å². The van der Waals surface area contributed by atoms with Crippen LogP contribution in [0.3, 0.4) is 0 Å². The molecule has 6 aromatic rings. The van der Waals surface area contributed by atoms with Crippen molar-refractivity contribution in [3.8, 4) is 0 Å². The minimum Gasteiger partial charge on any atom is -0.385 e. The van der Waals surface area contributed by atoms with Gasteiger partial charge in [-0.15, -0.1) is 0 Å². The maximum atomic E-state index is 6.66. The van der Waals surface area contributed by atoms with Gasteiger partial charge in [0.2, 0.25) is 0 Å². The molecule has 0 bridgehead atoms. The SMILES string of the molecule is CCCCNc1ccc(Cl)c2cccc(C/C=C/C(CCCC)=C(C)/C=C/C=c3\c4cccc5c(Cl)ccc(c54)n3CCCC)c12.COSc1ccc(C)cc1. The summed E-state index contributed by atoms with van der Waals surface area (Å²) in [5.41, 5.74) is 7.71. The van der Waals surface area contributed by atoms with Gasteiger partial charge in [0, 0.05) is 83.6 Å². The Hall–Kier alpha value is -3.93. The normalized spacial score (nSPS) is 12.7. The van der Waals surface area contributed by atoms with Crippen LogP contribution in [0.5, 0.6) is 0 Å². The lowest BCUT2D eigenvalue weighted by Gasteiger charge is -2.14. The molecule has 294 valence electrons. The summed E-state index contributed by atoms with van der Waals surface area (Å²) in [5, 5.41) is 12.5. The van der Waals surface area contributed by atoms with Crippen molar-refractivity contribution in [3.05, 3.63) is 147 Å². The zero-order valence-electron chi connectivity index (χ0n) is 34.1. The fourth-order valence-corrected chi connectivity index (χ4v) is 8.04. The number of allylic oxidation sites excluding steroid dienone is 6. The number of unbranched alkanes of at least 4 members (excludes halogenated alkanes) is 3. The molecule has 0 atom stereocenters. The molecule has 1 heterocycles. The average Bonchev–Trinajstić information content (AvgIpc) is 3.51. The molecule has 0 amide bonds. The molecule has 6 heteroatoms. The van der Waals surface area contributed by atoms with Gasteiger partial charge >= 0.3 is 0 Å². The predicted molar refractivity (Wildman–Crippen MR) is 250 cm³/mol. The zero-order valence-corrected chi connectivity index (χ0v) is 36.4. The van der Waals surface area contributed by atoms with Gasteiger partial charge in [0.05, 0.1) is 7.11 Å². The summed E-state index contributed by atoms with van der Waals surface area (Å²) < 4.78 is 7.36. The Morgan fingerprint density at radius 3 is 2.16 bits per heavy atom. The van der Waals surface area contributed by atoms with Gasteiger partial charge in [-0.25, -0.2) is 0 Å². The molecule has 5 aromatic carbocycles. The van der Waals surface area contributed by atoms with E-state index in [2.05, 4.69) is 136 Å². The van der Waals surface area contributed by atoms with E-state index in [0.717, 1.165) is 70.9 Å². The summed E-state index contributed by atoms with van der Waals surface area (Å²) in [6.45, 7) is 13.0. The van der Waals surface area contributed by atoms with Crippen LogP contribution < -0.4 is 10.7 Å². The van der Waals surface area contributed by atoms with Crippen LogP contribution >= 0.6 is 35.2 Å². The van der Waals surface area contributed by atoms with Gasteiger partial charge < -0.3 is 14.1 Å². The fourth-order valence-electron chi connectivity index (χ4n) is 7.16. The molecule has 0 aliphatic heterocycles. The quantitative estimate of drug-likeness (QED) is 0.0565. The van der Waals surface area contributed by atoms with E-state index >= 15 is 0 Å². The maximum absolute atomic E-state index is 6.66. The number of nitrogens with zero attached hydrogens (tertiary/aromatic N) is 1. The molecule has 0 saturated carbocycles. The number of hydrogen-bond donors (Lipinski definition) is 1. The molecule has 3 nitrogen and oxygen atoms in total. The molecule has 1 aromatic heterocycles. The van der Waals surface area contributed by atoms with Crippen molar-refractivity contribution in [2.45, 2.75) is 97.4 Å². The highest BCUT2D eigenvalue weighted by Gasteiger charge is 2.13. The number of rotatable bonds is 17. The number of nitrogens with one attached hydrogen (secondary N) is 1. The molecule has 56 heavy (non-hydrogen) atoms. The van der Waals surface area contributed by atoms with Crippen molar-refractivity contribution >= 4 is 79.5 Å². The van der Waals surface area contributed by atoms with Crippen molar-refractivity contribution in [2.75, 3.05) is 19.0 Å². The van der Waals surface area contributed by atoms with Crippen LogP contribution in [0.25, 0.3) is 38.5 Å². The second-order valence-electron chi connectivity index (χ2n) is 14.4. The van der Waals surface area contributed by atoms with E-state index in [9.17, 15) is 0 Å². The van der Waals surface area contributed by atoms with Gasteiger partial charge in [-0.1, -0.05) is 142 Å². The Bertz CT molecular complexity index is 2340. The Morgan fingerprint density at radius 1 is 0.768 bits per heavy atom. The van der Waals surface area contributed by atoms with Crippen molar-refractivity contribution in [1.29, 1.82) is 0 Å². The highest BCUT2D eigenvalue weighted by atomic mass is 35.5. The molecule has 0 radical (unpaired) electrons. The Kier molecular flexibility index (Phi) is 17.1. The second kappa shape index (κ2) is 22.1. The molecule has 0 fully saturated rings. The molecule has 0 unspecified atom stereocenters. The van der Waals surface area contributed by atoms with Gasteiger partial charge in [-0.2, -0.15) is 0 Å². The molecule has 0 aliphatic carbocycles. The minimum atomic E-state index is 0.804. The largest absolute Gasteiger partial charge is 0.385 e. The second-order valence-corrected chi connectivity index (χ2v) is 16.2. The van der Waals surface area contributed by atoms with Crippen LogP contribution in [0.2, 0.25) is 10.0 Å². The van der Waals surface area contributed by atoms with Gasteiger partial charge in [0.1, 0.15) is 0 Å². The highest BCUT2D eigenvalue weighted by molar-refractivity contribution is 7.94. The van der Waals surface area contributed by atoms with Crippen LogP contribution in [-0.2, 0) is 17.1 Å². The number of hydrogen-bond acceptors (Lipinski definition) is 3. The van der Waals surface area contributed by atoms with E-state index in [4.69, 9.17) is 27.4 Å². The van der Waals surface area contributed by atoms with E-state index in [1.165, 1.54) is 86.3 Å². The van der Waals surface area contributed by atoms with Crippen molar-refractivity contribution in [3.63, 3.8) is 0 Å². The van der Waals surface area contributed by atoms with Gasteiger partial charge in [0.25, 0.3) is 0 Å². The van der Waals surface area contributed by atoms with Crippen LogP contribution in [0.4, 0.5) is 5.69 Å². The Labute approximate surface area is 349 Å². The van der Waals surface area contributed by atoms with Crippen molar-refractivity contribution < 1.29 is 4.18 Å². The maximum Gasteiger partial charge on any atom is 0.0508 e. The molecular formula is C50H58Cl2N2OS. The number of halogens is 2. The summed E-state index contributed by atoms with van der Waals surface area (Å²) in [7, 11) is 1.67. The third kappa shape index (κ3) is 11.1. The summed E-state index contributed by atoms with van der Waals surface area (Å²) in [6, 6.07) is 29.6. The zero-order chi connectivity index (χ0) is 39.9. The van der Waals surface area contributed by atoms with Gasteiger partial charge in [-0.05, 0) is 105 Å². The first-order chi connectivity index (χ1) is 27.3. The molecule has 0 aliphatic rings. The average molecular weight is 806 g/mol. The molecule has 6 rings (SSSR count). The summed E-state index contributed by atoms with van der Waals surface area (Å²) in [6.07, 6.45) is 20.4. The number of benzene rings is 5. The number of aromatic nitrogens is 1. The molecule has 0 spiro atoms. The monoisotopic (exact) mass is 804 g/mol. The van der Waals surface area contributed by atoms with Crippen molar-refractivity contribution in [1.82, 2.24) is 4.57 Å². The summed E-state index contributed by atoms with van der Waals surface area (Å²) in [5.74, 6) is 0. The third-order valence-electron chi connectivity index (χ3n) is 10.2. The van der Waals surface area contributed by atoms with E-state index < -0.39 is 0 Å². The smallest absolute Gasteiger partial charge is 0.0508 e. The first-order valence-electron chi connectivity index (χ1n) is 20.3. The Balaban J connectivity index is 0.000000522. The molecular weight excluding hydrogens is 748 g/mol. The third-order valence-corrected chi connectivity index (χ3v) is 11.5. The first-order valence-corrected chi connectivity index (χ1v) is 21.8. The number of aryl methyl sites for hydroxylation is 2. The lowest BCUT2D eigenvalue weighted by atomic mass is 9.98. The van der Waals surface area contributed by atoms with E-state index in [1.807, 2.05) is 24.3 Å². The number of anilines is 1. The topological polar surface area (TPSA) is 26.2 Å². The standard InChI is InChI=1S/C42H48Cl2N2.C8H10OS/c1-5-8-16-31(17-12-18-32-19-13-20-33-36(43)24-26-38(41(32)33)45-28-9-6-2)30(4)15-11-23-39-35-22-14-21-34-37(44)25-27-40(42(34)35)46(39)29-10-7-3;1-7-3-5-8(6-4-7)10-9-2/h11-15,17,19-27,45H,5-10,16,18,28-29H2,1-4H3;3-6H,1-2H3/b15-11+,17-12+,31-30+,39-23+;. The summed E-state index contributed by atoms with van der Waals surface area (Å²) >= 11 is 14.7. The lowest BCUT2D eigenvalue weighted by Crippen LogP contribution is -2.16. The highest BCUT2D eigenvalue weighted by Crippen LogP contribution is 2.34.